The molecule has 0 aliphatic carbocycles. The second kappa shape index (κ2) is 16.6. The first-order valence-corrected chi connectivity index (χ1v) is 0. The molecule has 0 aromatic rings. The second-order valence-corrected chi connectivity index (χ2v) is 0. The largest absolute Gasteiger partial charge is 2.00 e. The van der Waals surface area contributed by atoms with Gasteiger partial charge in [-0.05, 0) is 0 Å². The van der Waals surface area contributed by atoms with E-state index in [9.17, 15) is 0 Å². The van der Waals surface area contributed by atoms with Gasteiger partial charge < -0.3 is 2.85 Å². The van der Waals surface area contributed by atoms with Crippen LogP contribution in [0.5, 0.6) is 0 Å². The van der Waals surface area contributed by atoms with E-state index in [1.54, 1.807) is 0 Å². The molecule has 0 saturated heterocycles. The normalized spacial score (nSPS) is 0. The Kier molecular flexibility index (Phi) is 116. The van der Waals surface area contributed by atoms with Gasteiger partial charge in [-0.3, -0.25) is 0 Å². The van der Waals surface area contributed by atoms with Crippen LogP contribution in [0.25, 0.3) is 0 Å². The summed E-state index contributed by atoms with van der Waals surface area (Å²) < 4.78 is 0. The van der Waals surface area contributed by atoms with Crippen molar-refractivity contribution in [3.05, 3.63) is 0 Å². The van der Waals surface area contributed by atoms with Crippen molar-refractivity contribution in [2.24, 2.45) is 0 Å². The van der Waals surface area contributed by atoms with Crippen LogP contribution in [0.2, 0.25) is 0 Å². The minimum atomic E-state index is 0. The minimum Gasteiger partial charge on any atom is -1.00 e. The molecule has 0 spiro atoms. The van der Waals surface area contributed by atoms with Gasteiger partial charge in [-0.2, -0.15) is 0 Å². The number of hydrogen-bond acceptors (Lipinski definition) is 0. The predicted octanol–water partition coefficient (Wildman–Crippen LogP) is -1.34. The molecule has 4 heavy (non-hydrogen) atoms. The first-order valence-electron chi connectivity index (χ1n) is 0. The molecule has 0 saturated carbocycles. The van der Waals surface area contributed by atoms with Gasteiger partial charge in [-0.15, -0.1) is 0 Å². The van der Waals surface area contributed by atoms with Crippen LogP contribution in [0.1, 0.15) is 2.85 Å². The summed E-state index contributed by atoms with van der Waals surface area (Å²) in [5.41, 5.74) is 0. The molecule has 15 valence electrons. The van der Waals surface area contributed by atoms with Crippen molar-refractivity contribution in [1.29, 1.82) is 0 Å². The molecule has 0 rings (SSSR count). The summed E-state index contributed by atoms with van der Waals surface area (Å²) in [6.07, 6.45) is 0. The first kappa shape index (κ1) is 27.9. The molecule has 1 radical (unpaired) electrons. The molecule has 4 heteroatoms. The fourth-order valence-corrected chi connectivity index (χ4v) is 0. The molecule has 0 nitrogen and oxygen atoms in total. The van der Waals surface area contributed by atoms with Crippen molar-refractivity contribution >= 4 is 40.4 Å². The molecule has 0 atom stereocenters. The summed E-state index contributed by atoms with van der Waals surface area (Å²) in [5.74, 6) is 0. The summed E-state index contributed by atoms with van der Waals surface area (Å²) >= 11 is 0. The standard InChI is InChI=1S/Al.Mg.Y.Zn.5H/q;+2;;;;;;2*-1. The molecule has 0 unspecified atom stereocenters. The summed E-state index contributed by atoms with van der Waals surface area (Å²) in [6, 6.07) is 0. The SMILES string of the molecule is [AlH3].[H-].[H-].[Mg+2].[Y].[Zn]. The van der Waals surface area contributed by atoms with Crippen LogP contribution in [0.4, 0.5) is 0 Å². The zero-order valence-corrected chi connectivity index (χ0v) is 9.21. The van der Waals surface area contributed by atoms with Crippen LogP contribution in [0, 0.1) is 0 Å². The Balaban J connectivity index is 0. The molecule has 0 aliphatic rings. The molecular weight excluding hydrogens is 206 g/mol. The Morgan fingerprint density at radius 3 is 1.25 bits per heavy atom. The van der Waals surface area contributed by atoms with E-state index in [1.165, 1.54) is 0 Å². The third-order valence-corrected chi connectivity index (χ3v) is 0. The Bertz CT molecular complexity index is 13.5. The van der Waals surface area contributed by atoms with Gasteiger partial charge >= 0.3 is 23.1 Å². The van der Waals surface area contributed by atoms with E-state index in [-0.39, 0.29) is 95.5 Å². The van der Waals surface area contributed by atoms with Crippen molar-refractivity contribution in [2.75, 3.05) is 0 Å². The maximum absolute atomic E-state index is 0. The van der Waals surface area contributed by atoms with Gasteiger partial charge in [0.15, 0.2) is 17.4 Å². The fraction of sp³-hybridized carbons (Fsp3) is 0. The Hall–Kier alpha value is 3.03. The van der Waals surface area contributed by atoms with Crippen LogP contribution in [-0.4, -0.2) is 40.4 Å². The average Bonchev–Trinajstić information content (AvgIpc) is 0. The van der Waals surface area contributed by atoms with Gasteiger partial charge in [0.25, 0.3) is 0 Å². The minimum absolute atomic E-state index is 0. The molecular formula is H5AlMgYZn. The third kappa shape index (κ3) is 8.90. The van der Waals surface area contributed by atoms with Crippen LogP contribution in [0.3, 0.4) is 0 Å². The van der Waals surface area contributed by atoms with Crippen molar-refractivity contribution in [3.63, 3.8) is 0 Å². The maximum Gasteiger partial charge on any atom is 2.00 e. The third-order valence-electron chi connectivity index (χ3n) is 0. The van der Waals surface area contributed by atoms with Crippen LogP contribution in [0.15, 0.2) is 0 Å². The monoisotopic (exact) mass is 209 g/mol. The van der Waals surface area contributed by atoms with E-state index in [0.29, 0.717) is 0 Å². The summed E-state index contributed by atoms with van der Waals surface area (Å²) in [5, 5.41) is 0. The van der Waals surface area contributed by atoms with E-state index in [2.05, 4.69) is 0 Å². The summed E-state index contributed by atoms with van der Waals surface area (Å²) in [6.45, 7) is 0. The summed E-state index contributed by atoms with van der Waals surface area (Å²) in [7, 11) is 0. The molecule has 0 bridgehead atoms. The van der Waals surface area contributed by atoms with E-state index in [4.69, 9.17) is 0 Å². The van der Waals surface area contributed by atoms with Gasteiger partial charge in [0.1, 0.15) is 0 Å². The van der Waals surface area contributed by atoms with Crippen LogP contribution in [-0.2, 0) is 52.2 Å². The van der Waals surface area contributed by atoms with E-state index >= 15 is 0 Å². The number of rotatable bonds is 0. The molecule has 0 amide bonds. The van der Waals surface area contributed by atoms with Gasteiger partial charge in [0.2, 0.25) is 0 Å². The Morgan fingerprint density at radius 1 is 1.25 bits per heavy atom. The van der Waals surface area contributed by atoms with Crippen molar-refractivity contribution in [2.45, 2.75) is 0 Å². The Morgan fingerprint density at radius 2 is 1.25 bits per heavy atom. The van der Waals surface area contributed by atoms with Crippen molar-refractivity contribution < 1.29 is 55.0 Å². The second-order valence-electron chi connectivity index (χ2n) is 0. The number of hydrogen-bond donors (Lipinski definition) is 0. The van der Waals surface area contributed by atoms with E-state index in [1.807, 2.05) is 0 Å². The average molecular weight is 211 g/mol. The van der Waals surface area contributed by atoms with Crippen molar-refractivity contribution in [1.82, 2.24) is 0 Å². The Labute approximate surface area is 93.7 Å². The molecule has 0 fully saturated rings. The quantitative estimate of drug-likeness (QED) is 0.434. The molecule has 0 heterocycles. The van der Waals surface area contributed by atoms with E-state index in [0.717, 1.165) is 0 Å². The first-order chi connectivity index (χ1) is 0. The smallest absolute Gasteiger partial charge is 1.00 e. The van der Waals surface area contributed by atoms with Gasteiger partial charge in [0.05, 0.1) is 0 Å². The van der Waals surface area contributed by atoms with Crippen molar-refractivity contribution in [3.8, 4) is 0 Å². The van der Waals surface area contributed by atoms with Gasteiger partial charge in [0, 0.05) is 52.2 Å². The molecule has 0 aliphatic heterocycles. The van der Waals surface area contributed by atoms with Crippen LogP contribution >= 0.6 is 0 Å². The van der Waals surface area contributed by atoms with Gasteiger partial charge in [-0.1, -0.05) is 0 Å². The summed E-state index contributed by atoms with van der Waals surface area (Å²) in [4.78, 5) is 0. The fourth-order valence-electron chi connectivity index (χ4n) is 0. The zero-order chi connectivity index (χ0) is 0. The predicted molar refractivity (Wildman–Crippen MR) is 17.9 cm³/mol. The zero-order valence-electron chi connectivity index (χ0n) is 3.99. The van der Waals surface area contributed by atoms with E-state index < -0.39 is 0 Å². The van der Waals surface area contributed by atoms with Gasteiger partial charge in [-0.25, -0.2) is 0 Å². The molecule has 0 aromatic heterocycles. The molecule has 0 aromatic carbocycles. The topological polar surface area (TPSA) is 0 Å². The maximum atomic E-state index is 0. The molecule has 0 N–H and O–H groups in total. The van der Waals surface area contributed by atoms with Crippen LogP contribution < -0.4 is 0 Å².